The van der Waals surface area contributed by atoms with Crippen LogP contribution in [-0.4, -0.2) is 12.1 Å². The van der Waals surface area contributed by atoms with Crippen molar-refractivity contribution < 1.29 is 9.53 Å². The van der Waals surface area contributed by atoms with E-state index in [2.05, 4.69) is 0 Å². The van der Waals surface area contributed by atoms with Crippen LogP contribution in [-0.2, 0) is 9.53 Å². The molecule has 1 atom stereocenters. The highest BCUT2D eigenvalue weighted by atomic mass is 16.5. The number of carbonyl (C=O) groups is 1. The predicted molar refractivity (Wildman–Crippen MR) is 33.9 cm³/mol. The average Bonchev–Trinajstić information content (AvgIpc) is 1.98. The highest BCUT2D eigenvalue weighted by Crippen LogP contribution is 2.20. The molecule has 1 aliphatic rings. The molecule has 0 bridgehead atoms. The molecule has 2 heteroatoms. The van der Waals surface area contributed by atoms with Crippen LogP contribution in [0.3, 0.4) is 0 Å². The Bertz CT molecular complexity index is 179. The molecule has 0 spiro atoms. The smallest absolute Gasteiger partial charge is 0.334 e. The number of cyclic esters (lactones) is 1. The van der Waals surface area contributed by atoms with Gasteiger partial charge in [0.2, 0.25) is 0 Å². The highest BCUT2D eigenvalue weighted by molar-refractivity contribution is 5.91. The summed E-state index contributed by atoms with van der Waals surface area (Å²) in [6.45, 7) is 5.59. The number of carbonyl (C=O) groups excluding carboxylic acids is 1. The van der Waals surface area contributed by atoms with Crippen molar-refractivity contribution in [1.29, 1.82) is 0 Å². The van der Waals surface area contributed by atoms with E-state index >= 15 is 0 Å². The lowest BCUT2D eigenvalue weighted by Crippen LogP contribution is -2.04. The summed E-state index contributed by atoms with van der Waals surface area (Å²) in [7, 11) is 0. The number of hydrogen-bond donors (Lipinski definition) is 0. The van der Waals surface area contributed by atoms with Crippen molar-refractivity contribution in [3.05, 3.63) is 11.1 Å². The van der Waals surface area contributed by atoms with Gasteiger partial charge in [0.15, 0.2) is 0 Å². The zero-order chi connectivity index (χ0) is 7.02. The minimum Gasteiger partial charge on any atom is -0.455 e. The van der Waals surface area contributed by atoms with Gasteiger partial charge in [-0.1, -0.05) is 0 Å². The van der Waals surface area contributed by atoms with Crippen LogP contribution in [0.4, 0.5) is 0 Å². The molecule has 1 rings (SSSR count). The molecule has 1 unspecified atom stereocenters. The van der Waals surface area contributed by atoms with Gasteiger partial charge in [0, 0.05) is 5.57 Å². The van der Waals surface area contributed by atoms with Gasteiger partial charge < -0.3 is 4.74 Å². The summed E-state index contributed by atoms with van der Waals surface area (Å²) >= 11 is 0. The number of hydrogen-bond acceptors (Lipinski definition) is 2. The largest absolute Gasteiger partial charge is 0.455 e. The molecular weight excluding hydrogens is 116 g/mol. The second-order valence-electron chi connectivity index (χ2n) is 2.36. The number of ether oxygens (including phenoxy) is 1. The maximum absolute atomic E-state index is 10.7. The van der Waals surface area contributed by atoms with Crippen LogP contribution < -0.4 is 0 Å². The zero-order valence-electron chi connectivity index (χ0n) is 5.89. The van der Waals surface area contributed by atoms with Gasteiger partial charge in [0.25, 0.3) is 0 Å². The van der Waals surface area contributed by atoms with Crippen LogP contribution in [0.1, 0.15) is 20.8 Å². The van der Waals surface area contributed by atoms with Crippen LogP contribution in [0, 0.1) is 0 Å². The molecule has 0 amide bonds. The van der Waals surface area contributed by atoms with E-state index in [0.29, 0.717) is 0 Å². The minimum absolute atomic E-state index is 0.00231. The molecule has 0 saturated carbocycles. The Hall–Kier alpha value is -0.790. The molecule has 1 aliphatic heterocycles. The van der Waals surface area contributed by atoms with Crippen molar-refractivity contribution in [2.45, 2.75) is 26.9 Å². The van der Waals surface area contributed by atoms with Gasteiger partial charge in [-0.05, 0) is 26.3 Å². The monoisotopic (exact) mass is 126 g/mol. The van der Waals surface area contributed by atoms with Crippen LogP contribution in [0.2, 0.25) is 0 Å². The Kier molecular flexibility index (Phi) is 1.31. The lowest BCUT2D eigenvalue weighted by Gasteiger charge is -2.00. The summed E-state index contributed by atoms with van der Waals surface area (Å²) in [6, 6.07) is 0. The quantitative estimate of drug-likeness (QED) is 0.457. The van der Waals surface area contributed by atoms with Gasteiger partial charge >= 0.3 is 5.97 Å². The summed E-state index contributed by atoms with van der Waals surface area (Å²) in [6.07, 6.45) is -0.00231. The molecular formula is C7H10O2. The maximum atomic E-state index is 10.7. The van der Waals surface area contributed by atoms with E-state index in [-0.39, 0.29) is 12.1 Å². The first-order chi connectivity index (χ1) is 4.13. The fourth-order valence-electron chi connectivity index (χ4n) is 0.803. The molecule has 2 nitrogen and oxygen atoms in total. The first-order valence-electron chi connectivity index (χ1n) is 3.01. The van der Waals surface area contributed by atoms with Crippen LogP contribution >= 0.6 is 0 Å². The van der Waals surface area contributed by atoms with Gasteiger partial charge in [0.05, 0.1) is 0 Å². The van der Waals surface area contributed by atoms with E-state index in [1.54, 1.807) is 6.92 Å². The van der Waals surface area contributed by atoms with E-state index in [4.69, 9.17) is 4.74 Å². The number of esters is 1. The first kappa shape index (κ1) is 6.33. The van der Waals surface area contributed by atoms with Gasteiger partial charge in [-0.25, -0.2) is 4.79 Å². The molecule has 0 aromatic carbocycles. The Morgan fingerprint density at radius 3 is 2.11 bits per heavy atom. The van der Waals surface area contributed by atoms with Crippen molar-refractivity contribution in [2.24, 2.45) is 0 Å². The van der Waals surface area contributed by atoms with Crippen LogP contribution in [0.15, 0.2) is 11.1 Å². The normalized spacial score (nSPS) is 27.0. The zero-order valence-corrected chi connectivity index (χ0v) is 5.89. The van der Waals surface area contributed by atoms with Crippen molar-refractivity contribution in [3.63, 3.8) is 0 Å². The lowest BCUT2D eigenvalue weighted by atomic mass is 10.1. The van der Waals surface area contributed by atoms with Crippen molar-refractivity contribution in [1.82, 2.24) is 0 Å². The second-order valence-corrected chi connectivity index (χ2v) is 2.36. The minimum atomic E-state index is -0.167. The fraction of sp³-hybridized carbons (Fsp3) is 0.571. The summed E-state index contributed by atoms with van der Waals surface area (Å²) in [5.74, 6) is -0.167. The lowest BCUT2D eigenvalue weighted by molar-refractivity contribution is -0.139. The molecule has 9 heavy (non-hydrogen) atoms. The second kappa shape index (κ2) is 1.87. The Labute approximate surface area is 54.5 Å². The predicted octanol–water partition coefficient (Wildman–Crippen LogP) is 1.27. The molecule has 0 aromatic rings. The van der Waals surface area contributed by atoms with Gasteiger partial charge in [-0.15, -0.1) is 0 Å². The van der Waals surface area contributed by atoms with Gasteiger partial charge in [0.1, 0.15) is 6.10 Å². The fourth-order valence-corrected chi connectivity index (χ4v) is 0.803. The Balaban J connectivity index is 2.92. The summed E-state index contributed by atoms with van der Waals surface area (Å²) in [4.78, 5) is 10.7. The van der Waals surface area contributed by atoms with Gasteiger partial charge in [-0.3, -0.25) is 0 Å². The third kappa shape index (κ3) is 0.846. The summed E-state index contributed by atoms with van der Waals surface area (Å²) in [5.41, 5.74) is 1.82. The van der Waals surface area contributed by atoms with E-state index in [1.165, 1.54) is 0 Å². The SMILES string of the molecule is CC1=C(C)C(C)OC1=O. The molecule has 0 fully saturated rings. The Morgan fingerprint density at radius 1 is 1.44 bits per heavy atom. The third-order valence-electron chi connectivity index (χ3n) is 1.79. The van der Waals surface area contributed by atoms with Crippen molar-refractivity contribution >= 4 is 5.97 Å². The number of rotatable bonds is 0. The van der Waals surface area contributed by atoms with E-state index in [1.807, 2.05) is 13.8 Å². The third-order valence-corrected chi connectivity index (χ3v) is 1.79. The average molecular weight is 126 g/mol. The standard InChI is InChI=1S/C7H10O2/c1-4-5(2)7(8)9-6(4)3/h6H,1-3H3. The van der Waals surface area contributed by atoms with Crippen molar-refractivity contribution in [2.75, 3.05) is 0 Å². The molecule has 0 saturated heterocycles. The molecule has 0 aromatic heterocycles. The van der Waals surface area contributed by atoms with E-state index in [0.717, 1.165) is 11.1 Å². The highest BCUT2D eigenvalue weighted by Gasteiger charge is 2.23. The van der Waals surface area contributed by atoms with E-state index < -0.39 is 0 Å². The molecule has 50 valence electrons. The molecule has 0 aliphatic carbocycles. The van der Waals surface area contributed by atoms with Gasteiger partial charge in [-0.2, -0.15) is 0 Å². The molecule has 0 N–H and O–H groups in total. The maximum Gasteiger partial charge on any atom is 0.334 e. The topological polar surface area (TPSA) is 26.3 Å². The van der Waals surface area contributed by atoms with Crippen LogP contribution in [0.25, 0.3) is 0 Å². The molecule has 0 radical (unpaired) electrons. The van der Waals surface area contributed by atoms with Crippen LogP contribution in [0.5, 0.6) is 0 Å². The van der Waals surface area contributed by atoms with E-state index in [9.17, 15) is 4.79 Å². The first-order valence-corrected chi connectivity index (χ1v) is 3.01. The van der Waals surface area contributed by atoms with Crippen molar-refractivity contribution in [3.8, 4) is 0 Å². The molecule has 1 heterocycles. The summed E-state index contributed by atoms with van der Waals surface area (Å²) < 4.78 is 4.87. The summed E-state index contributed by atoms with van der Waals surface area (Å²) in [5, 5.41) is 0. The Morgan fingerprint density at radius 2 is 2.00 bits per heavy atom.